The molecule has 0 spiro atoms. The molecule has 0 saturated carbocycles. The average molecular weight is 332 g/mol. The van der Waals surface area contributed by atoms with Gasteiger partial charge in [-0.3, -0.25) is 4.98 Å². The first-order valence-electron chi connectivity index (χ1n) is 6.78. The Labute approximate surface area is 132 Å². The van der Waals surface area contributed by atoms with Crippen molar-refractivity contribution in [2.24, 2.45) is 0 Å². The van der Waals surface area contributed by atoms with E-state index < -0.39 is 15.8 Å². The maximum Gasteiger partial charge on any atom is 0.243 e. The van der Waals surface area contributed by atoms with Crippen LogP contribution < -0.4 is 4.72 Å². The van der Waals surface area contributed by atoms with Gasteiger partial charge < -0.3 is 4.42 Å². The van der Waals surface area contributed by atoms with Gasteiger partial charge in [0.05, 0.1) is 6.26 Å². The van der Waals surface area contributed by atoms with Crippen LogP contribution in [0.15, 0.2) is 70.4 Å². The molecule has 0 saturated heterocycles. The van der Waals surface area contributed by atoms with E-state index in [2.05, 4.69) is 9.71 Å². The van der Waals surface area contributed by atoms with Crippen LogP contribution in [0.5, 0.6) is 0 Å². The highest BCUT2D eigenvalue weighted by atomic mass is 32.2. The van der Waals surface area contributed by atoms with E-state index in [9.17, 15) is 12.8 Å². The summed E-state index contributed by atoms with van der Waals surface area (Å²) >= 11 is 0. The largest absolute Gasteiger partial charge is 0.464 e. The minimum atomic E-state index is -3.93. The summed E-state index contributed by atoms with van der Waals surface area (Å²) in [6, 6.07) is 10.5. The molecule has 23 heavy (non-hydrogen) atoms. The van der Waals surface area contributed by atoms with E-state index in [1.165, 1.54) is 24.4 Å². The van der Waals surface area contributed by atoms with E-state index in [1.807, 2.05) is 0 Å². The summed E-state index contributed by atoms with van der Waals surface area (Å²) < 4.78 is 45.6. The van der Waals surface area contributed by atoms with Crippen LogP contribution in [-0.2, 0) is 16.6 Å². The Morgan fingerprint density at radius 1 is 1.13 bits per heavy atom. The van der Waals surface area contributed by atoms with Crippen LogP contribution in [0.25, 0.3) is 11.3 Å². The van der Waals surface area contributed by atoms with Gasteiger partial charge in [-0.2, -0.15) is 0 Å². The number of pyridine rings is 1. The molecule has 0 aliphatic carbocycles. The van der Waals surface area contributed by atoms with Crippen LogP contribution >= 0.6 is 0 Å². The summed E-state index contributed by atoms with van der Waals surface area (Å²) in [6.07, 6.45) is 4.70. The number of hydrogen-bond acceptors (Lipinski definition) is 4. The first-order chi connectivity index (χ1) is 11.1. The number of nitrogens with zero attached hydrogens (tertiary/aromatic N) is 1. The van der Waals surface area contributed by atoms with Crippen LogP contribution in [0, 0.1) is 5.82 Å². The molecular weight excluding hydrogens is 319 g/mol. The second kappa shape index (κ2) is 6.31. The van der Waals surface area contributed by atoms with Gasteiger partial charge in [0.2, 0.25) is 10.0 Å². The fourth-order valence-corrected chi connectivity index (χ4v) is 3.18. The van der Waals surface area contributed by atoms with Crippen molar-refractivity contribution < 1.29 is 17.2 Å². The van der Waals surface area contributed by atoms with Gasteiger partial charge in [-0.15, -0.1) is 0 Å². The van der Waals surface area contributed by atoms with E-state index in [0.29, 0.717) is 11.3 Å². The molecule has 0 amide bonds. The molecule has 0 aliphatic heterocycles. The van der Waals surface area contributed by atoms with Crippen LogP contribution in [0.3, 0.4) is 0 Å². The number of benzene rings is 1. The molecule has 118 valence electrons. The second-order valence-electron chi connectivity index (χ2n) is 4.81. The second-order valence-corrected chi connectivity index (χ2v) is 6.55. The van der Waals surface area contributed by atoms with Crippen molar-refractivity contribution in [3.05, 3.63) is 72.5 Å². The quantitative estimate of drug-likeness (QED) is 0.780. The summed E-state index contributed by atoms with van der Waals surface area (Å²) in [7, 11) is -3.93. The lowest BCUT2D eigenvalue weighted by molar-refractivity contribution is 0.556. The number of halogens is 1. The molecule has 0 unspecified atom stereocenters. The zero-order chi connectivity index (χ0) is 16.3. The third kappa shape index (κ3) is 3.46. The summed E-state index contributed by atoms with van der Waals surface area (Å²) in [4.78, 5) is 3.68. The predicted octanol–water partition coefficient (Wildman–Crippen LogP) is 2.96. The summed E-state index contributed by atoms with van der Waals surface area (Å²) in [5.41, 5.74) is 1.37. The van der Waals surface area contributed by atoms with Crippen molar-refractivity contribution in [1.82, 2.24) is 9.71 Å². The Morgan fingerprint density at radius 3 is 2.70 bits per heavy atom. The average Bonchev–Trinajstić information content (AvgIpc) is 3.08. The number of sulfonamides is 1. The molecule has 2 heterocycles. The van der Waals surface area contributed by atoms with Crippen molar-refractivity contribution in [1.29, 1.82) is 0 Å². The zero-order valence-electron chi connectivity index (χ0n) is 11.9. The molecule has 0 fully saturated rings. The molecule has 5 nitrogen and oxygen atoms in total. The molecule has 1 N–H and O–H groups in total. The Bertz CT molecular complexity index is 909. The number of hydrogen-bond donors (Lipinski definition) is 1. The predicted molar refractivity (Wildman–Crippen MR) is 82.4 cm³/mol. The smallest absolute Gasteiger partial charge is 0.243 e. The molecule has 0 atom stereocenters. The summed E-state index contributed by atoms with van der Waals surface area (Å²) in [6.45, 7) is -0.00177. The number of rotatable bonds is 5. The standard InChI is InChI=1S/C16H13FN2O3S/c17-14-4-1-2-6-16(14)23(20,21)19-10-12-8-13(11-18-9-12)15-5-3-7-22-15/h1-9,11,19H,10H2. The lowest BCUT2D eigenvalue weighted by atomic mass is 10.2. The zero-order valence-corrected chi connectivity index (χ0v) is 12.8. The van der Waals surface area contributed by atoms with Gasteiger partial charge in [0, 0.05) is 24.5 Å². The van der Waals surface area contributed by atoms with Gasteiger partial charge in [0.1, 0.15) is 16.5 Å². The highest BCUT2D eigenvalue weighted by molar-refractivity contribution is 7.89. The summed E-state index contributed by atoms with van der Waals surface area (Å²) in [5, 5.41) is 0. The molecule has 0 radical (unpaired) electrons. The molecule has 1 aromatic carbocycles. The van der Waals surface area contributed by atoms with Crippen molar-refractivity contribution in [2.45, 2.75) is 11.4 Å². The highest BCUT2D eigenvalue weighted by Crippen LogP contribution is 2.20. The molecule has 0 aliphatic rings. The van der Waals surface area contributed by atoms with Gasteiger partial charge >= 0.3 is 0 Å². The highest BCUT2D eigenvalue weighted by Gasteiger charge is 2.18. The van der Waals surface area contributed by atoms with Gasteiger partial charge in [0.15, 0.2) is 0 Å². The fraction of sp³-hybridized carbons (Fsp3) is 0.0625. The van der Waals surface area contributed by atoms with E-state index in [0.717, 1.165) is 11.6 Å². The van der Waals surface area contributed by atoms with Crippen molar-refractivity contribution >= 4 is 10.0 Å². The third-order valence-electron chi connectivity index (χ3n) is 3.19. The Hall–Kier alpha value is -2.51. The van der Waals surface area contributed by atoms with Crippen molar-refractivity contribution in [3.63, 3.8) is 0 Å². The van der Waals surface area contributed by atoms with E-state index in [4.69, 9.17) is 4.42 Å². The molecule has 0 bridgehead atoms. The van der Waals surface area contributed by atoms with Crippen molar-refractivity contribution in [2.75, 3.05) is 0 Å². The number of aromatic nitrogens is 1. The van der Waals surface area contributed by atoms with Crippen molar-refractivity contribution in [3.8, 4) is 11.3 Å². The molecule has 3 aromatic rings. The molecular formula is C16H13FN2O3S. The minimum absolute atomic E-state index is 0.00177. The first-order valence-corrected chi connectivity index (χ1v) is 8.26. The van der Waals surface area contributed by atoms with Gasteiger partial charge in [-0.05, 0) is 35.9 Å². The lowest BCUT2D eigenvalue weighted by Gasteiger charge is -2.08. The fourth-order valence-electron chi connectivity index (χ4n) is 2.08. The van der Waals surface area contributed by atoms with Crippen LogP contribution in [0.2, 0.25) is 0 Å². The Balaban J connectivity index is 1.78. The minimum Gasteiger partial charge on any atom is -0.464 e. The van der Waals surface area contributed by atoms with Crippen LogP contribution in [0.4, 0.5) is 4.39 Å². The van der Waals surface area contributed by atoms with Gasteiger partial charge in [-0.1, -0.05) is 12.1 Å². The van der Waals surface area contributed by atoms with Crippen LogP contribution in [0.1, 0.15) is 5.56 Å². The van der Waals surface area contributed by atoms with E-state index in [1.54, 1.807) is 30.7 Å². The van der Waals surface area contributed by atoms with E-state index >= 15 is 0 Å². The number of furan rings is 1. The molecule has 3 rings (SSSR count). The molecule has 7 heteroatoms. The van der Waals surface area contributed by atoms with Gasteiger partial charge in [0.25, 0.3) is 0 Å². The maximum atomic E-state index is 13.6. The van der Waals surface area contributed by atoms with Crippen LogP contribution in [-0.4, -0.2) is 13.4 Å². The maximum absolute atomic E-state index is 13.6. The Kier molecular flexibility index (Phi) is 4.22. The SMILES string of the molecule is O=S(=O)(NCc1cncc(-c2ccco2)c1)c1ccccc1F. The topological polar surface area (TPSA) is 72.2 Å². The lowest BCUT2D eigenvalue weighted by Crippen LogP contribution is -2.24. The third-order valence-corrected chi connectivity index (χ3v) is 4.63. The number of nitrogens with one attached hydrogen (secondary N) is 1. The summed E-state index contributed by atoms with van der Waals surface area (Å²) in [5.74, 6) is -0.154. The first kappa shape index (κ1) is 15.4. The molecule has 2 aromatic heterocycles. The normalized spacial score (nSPS) is 11.5. The van der Waals surface area contributed by atoms with Gasteiger partial charge in [-0.25, -0.2) is 17.5 Å². The van der Waals surface area contributed by atoms with E-state index in [-0.39, 0.29) is 11.4 Å². The Morgan fingerprint density at radius 2 is 1.96 bits per heavy atom. The monoisotopic (exact) mass is 332 g/mol.